The summed E-state index contributed by atoms with van der Waals surface area (Å²) in [5.74, 6) is -7.70. The van der Waals surface area contributed by atoms with Gasteiger partial charge in [0.05, 0.1) is 63.9 Å². The second kappa shape index (κ2) is 53.1. The van der Waals surface area contributed by atoms with Gasteiger partial charge in [-0.15, -0.1) is 0 Å². The molecule has 5 rings (SSSR count). The first-order valence-corrected chi connectivity index (χ1v) is 41.1. The van der Waals surface area contributed by atoms with Crippen molar-refractivity contribution in [2.75, 3.05) is 39.6 Å². The van der Waals surface area contributed by atoms with Crippen molar-refractivity contribution in [3.05, 3.63) is 12.2 Å². The van der Waals surface area contributed by atoms with Gasteiger partial charge in [-0.1, -0.05) is 206 Å². The van der Waals surface area contributed by atoms with Crippen molar-refractivity contribution in [1.29, 1.82) is 0 Å². The van der Waals surface area contributed by atoms with Crippen molar-refractivity contribution < 1.29 is 153 Å². The van der Waals surface area contributed by atoms with E-state index in [-0.39, 0.29) is 12.3 Å². The quantitative estimate of drug-likeness (QED) is 0.0291. The van der Waals surface area contributed by atoms with Gasteiger partial charge in [-0.3, -0.25) is 14.4 Å². The van der Waals surface area contributed by atoms with Crippen LogP contribution in [0.2, 0.25) is 0 Å². The fraction of sp³-hybridized carbons (Fsp3) is 0.922. The first kappa shape index (κ1) is 98.2. The van der Waals surface area contributed by atoms with Crippen LogP contribution in [0.5, 0.6) is 0 Å². The summed E-state index contributed by atoms with van der Waals surface area (Å²) in [5, 5.41) is 197. The Bertz CT molecular complexity index is 2570. The van der Waals surface area contributed by atoms with Crippen molar-refractivity contribution in [2.45, 2.75) is 411 Å². The van der Waals surface area contributed by atoms with Crippen LogP contribution in [0.25, 0.3) is 0 Å². The van der Waals surface area contributed by atoms with E-state index >= 15 is 0 Å². The average Bonchev–Trinajstić information content (AvgIpc) is 0.750. The molecule has 5 fully saturated rings. The third kappa shape index (κ3) is 31.4. The van der Waals surface area contributed by atoms with Crippen LogP contribution in [0.3, 0.4) is 0 Å². The van der Waals surface area contributed by atoms with Gasteiger partial charge in [0.15, 0.2) is 25.2 Å². The van der Waals surface area contributed by atoms with Crippen LogP contribution in [-0.2, 0) is 66.5 Å². The minimum Gasteiger partial charge on any atom is -0.477 e. The molecule has 28 atom stereocenters. The summed E-state index contributed by atoms with van der Waals surface area (Å²) in [7, 11) is 0. The van der Waals surface area contributed by atoms with Crippen LogP contribution in [-0.4, -0.2) is 321 Å². The SMILES string of the molecule is CCCCCCCCCCCCC/C=C/[C@@H](O)[C@H](CO[C@@H]1O[C@H](CO)[C@@H](O[C@@H]2O[C@H](CO)[C@H](O[C@@H]3O[C@H](CO)[C@H](O)[C@H](O[C@@H]4O[C@H](CO)[C@H](O)[C@H](O)[C@H]4O)[C@H]3NC(C)=O)[C@H](O[C@]3(C(=O)O)C[C@H](O)[C@@H](NC(C)=O)C([C@@H](O)[C@@H](O)CO)O3)[C@H]2O)[C@H](O)C1O)NC(=O)CCCCCCCCCCCCCCCCCCCCC. The molecule has 3 amide bonds. The van der Waals surface area contributed by atoms with Gasteiger partial charge in [0.1, 0.15) is 116 Å². The van der Waals surface area contributed by atoms with Gasteiger partial charge >= 0.3 is 5.97 Å². The molecule has 0 saturated carbocycles. The number of aliphatic carboxylic acids is 1. The molecule has 0 radical (unpaired) electrons. The van der Waals surface area contributed by atoms with E-state index in [4.69, 9.17) is 47.4 Å². The molecular weight excluding hydrogens is 1460 g/mol. The fourth-order valence-corrected chi connectivity index (χ4v) is 15.0. The fourth-order valence-electron chi connectivity index (χ4n) is 15.0. The molecule has 5 aliphatic heterocycles. The number of amides is 3. The normalized spacial score (nSPS) is 33.8. The zero-order valence-electron chi connectivity index (χ0n) is 65.6. The van der Waals surface area contributed by atoms with Crippen molar-refractivity contribution in [1.82, 2.24) is 16.0 Å². The number of aliphatic hydroxyl groups is 16. The molecule has 34 heteroatoms. The minimum absolute atomic E-state index is 0.135. The molecule has 20 N–H and O–H groups in total. The second-order valence-corrected chi connectivity index (χ2v) is 30.7. The van der Waals surface area contributed by atoms with Gasteiger partial charge in [-0.25, -0.2) is 4.79 Å². The molecule has 5 heterocycles. The van der Waals surface area contributed by atoms with Gasteiger partial charge < -0.3 is 150 Å². The zero-order chi connectivity index (χ0) is 81.6. The highest BCUT2D eigenvalue weighted by Gasteiger charge is 2.62. The van der Waals surface area contributed by atoms with E-state index in [1.165, 1.54) is 128 Å². The average molecular weight is 1600 g/mol. The van der Waals surface area contributed by atoms with E-state index in [1.807, 2.05) is 6.08 Å². The highest BCUT2D eigenvalue weighted by Crippen LogP contribution is 2.41. The van der Waals surface area contributed by atoms with Crippen molar-refractivity contribution in [2.24, 2.45) is 0 Å². The molecule has 0 aromatic carbocycles. The van der Waals surface area contributed by atoms with Crippen molar-refractivity contribution in [3.8, 4) is 0 Å². The first-order chi connectivity index (χ1) is 53.3. The Morgan fingerprint density at radius 2 is 0.892 bits per heavy atom. The van der Waals surface area contributed by atoms with Gasteiger partial charge in [0, 0.05) is 26.7 Å². The Balaban J connectivity index is 1.36. The number of ether oxygens (including phenoxy) is 10. The highest BCUT2D eigenvalue weighted by atomic mass is 16.8. The molecule has 0 bridgehead atoms. The summed E-state index contributed by atoms with van der Waals surface area (Å²) >= 11 is 0. The first-order valence-electron chi connectivity index (χ1n) is 41.1. The number of allylic oxidation sites excluding steroid dienone is 1. The van der Waals surface area contributed by atoms with E-state index in [0.717, 1.165) is 71.6 Å². The minimum atomic E-state index is -3.38. The van der Waals surface area contributed by atoms with Crippen LogP contribution in [0, 0.1) is 0 Å². The summed E-state index contributed by atoms with van der Waals surface area (Å²) in [4.78, 5) is 53.1. The Hall–Kier alpha value is -3.42. The lowest BCUT2D eigenvalue weighted by Crippen LogP contribution is -2.72. The molecule has 0 aromatic rings. The summed E-state index contributed by atoms with van der Waals surface area (Å²) in [6, 6.07) is -4.81. The van der Waals surface area contributed by atoms with Gasteiger partial charge in [-0.05, 0) is 19.3 Å². The summed E-state index contributed by atoms with van der Waals surface area (Å²) in [6.07, 6.45) is -11.2. The monoisotopic (exact) mass is 1600 g/mol. The number of rotatable bonds is 56. The lowest BCUT2D eigenvalue weighted by Gasteiger charge is -2.52. The Kier molecular flexibility index (Phi) is 47.0. The maximum atomic E-state index is 13.8. The number of hydrogen-bond donors (Lipinski definition) is 20. The van der Waals surface area contributed by atoms with E-state index < -0.39 is 235 Å². The molecule has 34 nitrogen and oxygen atoms in total. The number of nitrogens with one attached hydrogen (secondary N) is 3. The molecule has 5 aliphatic rings. The lowest BCUT2D eigenvalue weighted by atomic mass is 9.88. The van der Waals surface area contributed by atoms with Gasteiger partial charge in [0.25, 0.3) is 5.79 Å². The Morgan fingerprint density at radius 3 is 1.39 bits per heavy atom. The molecule has 0 spiro atoms. The summed E-state index contributed by atoms with van der Waals surface area (Å²) in [6.45, 7) is 0.345. The molecule has 648 valence electrons. The van der Waals surface area contributed by atoms with Crippen LogP contribution < -0.4 is 16.0 Å². The maximum absolute atomic E-state index is 13.8. The molecular formula is C77H139N3O31. The van der Waals surface area contributed by atoms with Crippen molar-refractivity contribution >= 4 is 23.7 Å². The maximum Gasteiger partial charge on any atom is 0.364 e. The van der Waals surface area contributed by atoms with Crippen LogP contribution in [0.15, 0.2) is 12.2 Å². The number of carbonyl (C=O) groups is 4. The smallest absolute Gasteiger partial charge is 0.364 e. The predicted molar refractivity (Wildman–Crippen MR) is 397 cm³/mol. The number of aliphatic hydroxyl groups excluding tert-OH is 16. The third-order valence-electron chi connectivity index (χ3n) is 21.6. The molecule has 5 saturated heterocycles. The van der Waals surface area contributed by atoms with Crippen LogP contribution in [0.1, 0.15) is 240 Å². The molecule has 2 unspecified atom stereocenters. The van der Waals surface area contributed by atoms with E-state index in [1.54, 1.807) is 6.08 Å². The largest absolute Gasteiger partial charge is 0.477 e. The van der Waals surface area contributed by atoms with Gasteiger partial charge in [0.2, 0.25) is 17.7 Å². The third-order valence-corrected chi connectivity index (χ3v) is 21.6. The lowest BCUT2D eigenvalue weighted by molar-refractivity contribution is -0.403. The summed E-state index contributed by atoms with van der Waals surface area (Å²) in [5.41, 5.74) is 0. The number of carboxylic acids is 1. The zero-order valence-corrected chi connectivity index (χ0v) is 65.6. The van der Waals surface area contributed by atoms with Gasteiger partial charge in [-0.2, -0.15) is 0 Å². The Morgan fingerprint density at radius 1 is 0.468 bits per heavy atom. The Labute approximate surface area is 653 Å². The topological polar surface area (TPSA) is 541 Å². The standard InChI is InChI=1S/C77H139N3O31/c1-5-7-9-11-13-15-17-19-20-21-22-23-24-26-28-30-32-34-36-38-56(91)80-48(49(88)37-35-33-31-29-27-25-18-16-14-12-10-8-6-2)45-102-73-65(98)63(96)67(54(43-84)105-73)107-75-66(99)71(111-77(76(100)101)39-50(89)57(78-46(3)86)70(110-77)59(92)51(90)40-81)68(55(44-85)106-75)108-72-58(79-47(4)87)69(61(94)53(42-83)103-72)109-74-64(97)62(95)60(93)52(41-82)104-74/h35,37,48-55,57-75,81-85,88-90,92-99H,5-34,36,38-45H2,1-4H3,(H,78,86)(H,79,87)(H,80,91)(H,100,101)/b37-35+/t48-,49+,50-,51-,52+,53+,54+,55+,57+,58+,59-,60-,61-,62-,63+,64+,65?,66+,67+,68-,69+,70?,71+,72-,73+,74-,75-,77-/m0/s1. The molecule has 111 heavy (non-hydrogen) atoms. The van der Waals surface area contributed by atoms with Crippen LogP contribution in [0.4, 0.5) is 0 Å². The van der Waals surface area contributed by atoms with Crippen molar-refractivity contribution in [3.63, 3.8) is 0 Å². The highest BCUT2D eigenvalue weighted by molar-refractivity contribution is 5.77. The molecule has 0 aromatic heterocycles. The second-order valence-electron chi connectivity index (χ2n) is 30.7. The summed E-state index contributed by atoms with van der Waals surface area (Å²) < 4.78 is 60.2. The predicted octanol–water partition coefficient (Wildman–Crippen LogP) is 0.518. The number of unbranched alkanes of at least 4 members (excludes halogenated alkanes) is 29. The van der Waals surface area contributed by atoms with E-state index in [2.05, 4.69) is 29.8 Å². The van der Waals surface area contributed by atoms with Crippen LogP contribution >= 0.6 is 0 Å². The molecule has 0 aliphatic carbocycles. The van der Waals surface area contributed by atoms with E-state index in [9.17, 15) is 106 Å². The number of carboxylic acid groups (broad SMARTS) is 1. The number of carbonyl (C=O) groups excluding carboxylic acids is 3. The van der Waals surface area contributed by atoms with E-state index in [0.29, 0.717) is 12.8 Å². The number of hydrogen-bond acceptors (Lipinski definition) is 30.